The first kappa shape index (κ1) is 16.7. The smallest absolute Gasteiger partial charge is 0.275 e. The van der Waals surface area contributed by atoms with E-state index in [0.29, 0.717) is 6.67 Å². The summed E-state index contributed by atoms with van der Waals surface area (Å²) in [4.78, 5) is 16.0. The molecule has 0 fully saturated rings. The molecular formula is C19H21N3OS. The van der Waals surface area contributed by atoms with Crippen molar-refractivity contribution in [1.29, 1.82) is 0 Å². The van der Waals surface area contributed by atoms with Crippen LogP contribution in [0, 0.1) is 6.92 Å². The lowest BCUT2D eigenvalue weighted by molar-refractivity contribution is 0.240. The number of thioether (sulfide) groups is 1. The minimum atomic E-state index is -0.0409. The Morgan fingerprint density at radius 2 is 1.75 bits per heavy atom. The summed E-state index contributed by atoms with van der Waals surface area (Å²) in [5, 5.41) is 6.12. The van der Waals surface area contributed by atoms with E-state index in [2.05, 4.69) is 40.5 Å². The van der Waals surface area contributed by atoms with Gasteiger partial charge in [-0.2, -0.15) is 5.10 Å². The fourth-order valence-corrected chi connectivity index (χ4v) is 3.23. The van der Waals surface area contributed by atoms with Gasteiger partial charge in [-0.3, -0.25) is 9.69 Å². The van der Waals surface area contributed by atoms with Gasteiger partial charge in [0.25, 0.3) is 5.56 Å². The molecule has 0 bridgehead atoms. The zero-order valence-corrected chi connectivity index (χ0v) is 15.0. The molecule has 3 rings (SSSR count). The third-order valence-corrected chi connectivity index (χ3v) is 4.78. The summed E-state index contributed by atoms with van der Waals surface area (Å²) in [6.45, 7) is 3.18. The number of aromatic nitrogens is 2. The molecule has 124 valence electrons. The third kappa shape index (κ3) is 3.52. The first-order valence-corrected chi connectivity index (χ1v) is 9.09. The van der Waals surface area contributed by atoms with E-state index in [1.807, 2.05) is 38.2 Å². The van der Waals surface area contributed by atoms with Gasteiger partial charge in [-0.05, 0) is 44.0 Å². The van der Waals surface area contributed by atoms with Gasteiger partial charge in [-0.1, -0.05) is 30.3 Å². The van der Waals surface area contributed by atoms with Crippen LogP contribution in [0.4, 0.5) is 0 Å². The Morgan fingerprint density at radius 1 is 1.08 bits per heavy atom. The molecule has 0 aliphatic carbocycles. The summed E-state index contributed by atoms with van der Waals surface area (Å²) in [6.07, 6.45) is 2.07. The zero-order chi connectivity index (χ0) is 17.1. The molecule has 0 amide bonds. The Hall–Kier alpha value is -2.11. The van der Waals surface area contributed by atoms with Crippen LogP contribution < -0.4 is 5.56 Å². The van der Waals surface area contributed by atoms with Crippen molar-refractivity contribution in [3.63, 3.8) is 0 Å². The van der Waals surface area contributed by atoms with E-state index in [4.69, 9.17) is 0 Å². The molecule has 3 aromatic rings. The first-order valence-electron chi connectivity index (χ1n) is 7.86. The van der Waals surface area contributed by atoms with E-state index >= 15 is 0 Å². The number of hydrogen-bond donors (Lipinski definition) is 0. The van der Waals surface area contributed by atoms with E-state index in [1.165, 1.54) is 10.5 Å². The maximum atomic E-state index is 12.6. The molecule has 1 aromatic heterocycles. The van der Waals surface area contributed by atoms with Gasteiger partial charge < -0.3 is 0 Å². The Morgan fingerprint density at radius 3 is 2.42 bits per heavy atom. The van der Waals surface area contributed by atoms with Crippen LogP contribution in [0.5, 0.6) is 0 Å². The van der Waals surface area contributed by atoms with Gasteiger partial charge in [-0.15, -0.1) is 11.8 Å². The summed E-state index contributed by atoms with van der Waals surface area (Å²) < 4.78 is 1.55. The first-order chi connectivity index (χ1) is 11.6. The van der Waals surface area contributed by atoms with Gasteiger partial charge in [0.2, 0.25) is 0 Å². The van der Waals surface area contributed by atoms with Crippen molar-refractivity contribution in [1.82, 2.24) is 14.7 Å². The lowest BCUT2D eigenvalue weighted by atomic mass is 10.1. The molecule has 4 nitrogen and oxygen atoms in total. The number of nitrogens with zero attached hydrogens (tertiary/aromatic N) is 3. The second-order valence-electron chi connectivity index (χ2n) is 5.94. The van der Waals surface area contributed by atoms with Gasteiger partial charge in [0, 0.05) is 16.8 Å². The molecule has 0 aliphatic heterocycles. The quantitative estimate of drug-likeness (QED) is 0.667. The fraction of sp³-hybridized carbons (Fsp3) is 0.263. The Kier molecular flexibility index (Phi) is 5.02. The number of rotatable bonds is 5. The van der Waals surface area contributed by atoms with Crippen LogP contribution in [0.1, 0.15) is 11.3 Å². The average molecular weight is 339 g/mol. The lowest BCUT2D eigenvalue weighted by Crippen LogP contribution is -2.32. The highest BCUT2D eigenvalue weighted by Gasteiger charge is 2.09. The van der Waals surface area contributed by atoms with Crippen molar-refractivity contribution in [2.24, 2.45) is 0 Å². The average Bonchev–Trinajstić information content (AvgIpc) is 2.60. The monoisotopic (exact) mass is 339 g/mol. The second-order valence-corrected chi connectivity index (χ2v) is 6.82. The van der Waals surface area contributed by atoms with E-state index in [0.717, 1.165) is 23.0 Å². The van der Waals surface area contributed by atoms with Gasteiger partial charge in [0.15, 0.2) is 0 Å². The van der Waals surface area contributed by atoms with Crippen molar-refractivity contribution in [2.75, 3.05) is 13.3 Å². The van der Waals surface area contributed by atoms with Gasteiger partial charge in [0.1, 0.15) is 0 Å². The molecule has 2 aromatic carbocycles. The van der Waals surface area contributed by atoms with Gasteiger partial charge in [-0.25, -0.2) is 4.68 Å². The highest BCUT2D eigenvalue weighted by atomic mass is 32.2. The van der Waals surface area contributed by atoms with Crippen molar-refractivity contribution in [3.8, 4) is 0 Å². The molecular weight excluding hydrogens is 318 g/mol. The van der Waals surface area contributed by atoms with Crippen LogP contribution in [-0.2, 0) is 13.2 Å². The maximum absolute atomic E-state index is 12.6. The van der Waals surface area contributed by atoms with Crippen molar-refractivity contribution in [3.05, 3.63) is 70.1 Å². The van der Waals surface area contributed by atoms with Crippen LogP contribution in [0.25, 0.3) is 10.8 Å². The number of aryl methyl sites for hydroxylation is 1. The third-order valence-electron chi connectivity index (χ3n) is 4.04. The second kappa shape index (κ2) is 7.20. The molecule has 5 heteroatoms. The lowest BCUT2D eigenvalue weighted by Gasteiger charge is -2.18. The van der Waals surface area contributed by atoms with E-state index < -0.39 is 0 Å². The van der Waals surface area contributed by atoms with Crippen LogP contribution >= 0.6 is 11.8 Å². The predicted molar refractivity (Wildman–Crippen MR) is 100 cm³/mol. The molecule has 0 saturated carbocycles. The van der Waals surface area contributed by atoms with E-state index in [-0.39, 0.29) is 5.56 Å². The number of benzene rings is 2. The van der Waals surface area contributed by atoms with Gasteiger partial charge >= 0.3 is 0 Å². The molecule has 0 saturated heterocycles. The largest absolute Gasteiger partial charge is 0.283 e. The van der Waals surface area contributed by atoms with Crippen molar-refractivity contribution in [2.45, 2.75) is 25.0 Å². The molecule has 0 radical (unpaired) electrons. The maximum Gasteiger partial charge on any atom is 0.275 e. The summed E-state index contributed by atoms with van der Waals surface area (Å²) in [6, 6.07) is 16.1. The summed E-state index contributed by atoms with van der Waals surface area (Å²) in [7, 11) is 2.00. The fourth-order valence-electron chi connectivity index (χ4n) is 2.82. The van der Waals surface area contributed by atoms with Gasteiger partial charge in [0.05, 0.1) is 17.7 Å². The molecule has 24 heavy (non-hydrogen) atoms. The predicted octanol–water partition coefficient (Wildman–Crippen LogP) is 3.52. The Balaban J connectivity index is 1.81. The Labute approximate surface area is 146 Å². The molecule has 0 aliphatic rings. The standard InChI is InChI=1S/C19H21N3OS/c1-14-17-6-4-5-7-18(17)19(23)22(20-14)13-21(2)12-15-8-10-16(24-3)11-9-15/h4-11H,12-13H2,1-3H3. The normalized spacial score (nSPS) is 11.3. The van der Waals surface area contributed by atoms with Crippen LogP contribution in [0.3, 0.4) is 0 Å². The molecule has 0 spiro atoms. The molecule has 1 heterocycles. The van der Waals surface area contributed by atoms with E-state index in [9.17, 15) is 4.79 Å². The summed E-state index contributed by atoms with van der Waals surface area (Å²) in [5.74, 6) is 0. The topological polar surface area (TPSA) is 38.1 Å². The highest BCUT2D eigenvalue weighted by molar-refractivity contribution is 7.98. The van der Waals surface area contributed by atoms with Crippen LogP contribution in [0.15, 0.2) is 58.2 Å². The summed E-state index contributed by atoms with van der Waals surface area (Å²) in [5.41, 5.74) is 2.06. The molecule has 0 atom stereocenters. The number of hydrogen-bond acceptors (Lipinski definition) is 4. The van der Waals surface area contributed by atoms with Crippen molar-refractivity contribution < 1.29 is 0 Å². The van der Waals surface area contributed by atoms with Crippen LogP contribution in [-0.4, -0.2) is 28.0 Å². The molecule has 0 unspecified atom stereocenters. The minimum absolute atomic E-state index is 0.0409. The van der Waals surface area contributed by atoms with E-state index in [1.54, 1.807) is 16.4 Å². The minimum Gasteiger partial charge on any atom is -0.283 e. The zero-order valence-electron chi connectivity index (χ0n) is 14.2. The SMILES string of the molecule is CSc1ccc(CN(C)Cn2nc(C)c3ccccc3c2=O)cc1. The Bertz CT molecular complexity index is 903. The summed E-state index contributed by atoms with van der Waals surface area (Å²) >= 11 is 1.73. The highest BCUT2D eigenvalue weighted by Crippen LogP contribution is 2.16. The van der Waals surface area contributed by atoms with Crippen molar-refractivity contribution >= 4 is 22.5 Å². The van der Waals surface area contributed by atoms with Crippen LogP contribution in [0.2, 0.25) is 0 Å². The number of fused-ring (bicyclic) bond motifs is 1. The molecule has 0 N–H and O–H groups in total.